The molecule has 0 bridgehead atoms. The Labute approximate surface area is 96.4 Å². The Kier molecular flexibility index (Phi) is 7.54. The number of rotatable bonds is 8. The van der Waals surface area contributed by atoms with Gasteiger partial charge in [-0.25, -0.2) is 0 Å². The van der Waals surface area contributed by atoms with Gasteiger partial charge in [0.05, 0.1) is 0 Å². The standard InChI is InChI=1S/C11H22N2O3/c1-3-8(5-11(15)16)7-13-10(14)6-9(12)4-2/h8-9H,3-7,12H2,1-2H3,(H,13,14)(H,15,16). The fourth-order valence-corrected chi connectivity index (χ4v) is 1.32. The van der Waals surface area contributed by atoms with Gasteiger partial charge in [0.2, 0.25) is 5.91 Å². The fraction of sp³-hybridized carbons (Fsp3) is 0.818. The molecular formula is C11H22N2O3. The van der Waals surface area contributed by atoms with Crippen LogP contribution in [0.5, 0.6) is 0 Å². The summed E-state index contributed by atoms with van der Waals surface area (Å²) < 4.78 is 0. The van der Waals surface area contributed by atoms with Crippen molar-refractivity contribution in [3.8, 4) is 0 Å². The highest BCUT2D eigenvalue weighted by Gasteiger charge is 2.13. The molecule has 0 radical (unpaired) electrons. The van der Waals surface area contributed by atoms with E-state index in [1.54, 1.807) is 0 Å². The van der Waals surface area contributed by atoms with E-state index < -0.39 is 5.97 Å². The SMILES string of the molecule is CCC(N)CC(=O)NCC(CC)CC(=O)O. The third kappa shape index (κ3) is 7.23. The van der Waals surface area contributed by atoms with Crippen LogP contribution in [-0.2, 0) is 9.59 Å². The molecule has 0 spiro atoms. The Bertz CT molecular complexity index is 231. The molecule has 0 saturated carbocycles. The highest BCUT2D eigenvalue weighted by Crippen LogP contribution is 2.06. The number of hydrogen-bond acceptors (Lipinski definition) is 3. The number of carbonyl (C=O) groups excluding carboxylic acids is 1. The molecule has 1 amide bonds. The molecule has 5 nitrogen and oxygen atoms in total. The number of hydrogen-bond donors (Lipinski definition) is 3. The Morgan fingerprint density at radius 2 is 1.88 bits per heavy atom. The number of carbonyl (C=O) groups is 2. The Morgan fingerprint density at radius 3 is 2.31 bits per heavy atom. The summed E-state index contributed by atoms with van der Waals surface area (Å²) in [5, 5.41) is 11.4. The highest BCUT2D eigenvalue weighted by molar-refractivity contribution is 5.76. The molecule has 16 heavy (non-hydrogen) atoms. The molecule has 0 aliphatic heterocycles. The van der Waals surface area contributed by atoms with E-state index in [4.69, 9.17) is 10.8 Å². The van der Waals surface area contributed by atoms with Gasteiger partial charge in [-0.15, -0.1) is 0 Å². The summed E-state index contributed by atoms with van der Waals surface area (Å²) in [6, 6.07) is -0.112. The second-order valence-corrected chi connectivity index (χ2v) is 4.05. The first kappa shape index (κ1) is 14.9. The lowest BCUT2D eigenvalue weighted by atomic mass is 10.0. The first-order valence-corrected chi connectivity index (χ1v) is 5.73. The number of nitrogens with two attached hydrogens (primary N) is 1. The Balaban J connectivity index is 3.83. The molecule has 0 aromatic rings. The van der Waals surface area contributed by atoms with Crippen molar-refractivity contribution < 1.29 is 14.7 Å². The van der Waals surface area contributed by atoms with E-state index in [1.165, 1.54) is 0 Å². The lowest BCUT2D eigenvalue weighted by Gasteiger charge is -2.14. The van der Waals surface area contributed by atoms with E-state index in [-0.39, 0.29) is 24.3 Å². The minimum atomic E-state index is -0.827. The van der Waals surface area contributed by atoms with Crippen LogP contribution in [0.25, 0.3) is 0 Å². The van der Waals surface area contributed by atoms with Crippen LogP contribution in [0.3, 0.4) is 0 Å². The van der Waals surface area contributed by atoms with Crippen molar-refractivity contribution in [1.29, 1.82) is 0 Å². The summed E-state index contributed by atoms with van der Waals surface area (Å²) >= 11 is 0. The van der Waals surface area contributed by atoms with Gasteiger partial charge in [0.1, 0.15) is 0 Å². The van der Waals surface area contributed by atoms with Crippen LogP contribution in [0.2, 0.25) is 0 Å². The molecule has 0 heterocycles. The molecule has 0 aromatic heterocycles. The van der Waals surface area contributed by atoms with Crippen molar-refractivity contribution in [3.63, 3.8) is 0 Å². The molecule has 0 saturated heterocycles. The second kappa shape index (κ2) is 8.10. The minimum Gasteiger partial charge on any atom is -0.481 e. The molecule has 0 aliphatic carbocycles. The summed E-state index contributed by atoms with van der Waals surface area (Å²) in [6.45, 7) is 4.26. The van der Waals surface area contributed by atoms with Crippen LogP contribution in [-0.4, -0.2) is 29.6 Å². The number of carboxylic acids is 1. The zero-order valence-electron chi connectivity index (χ0n) is 10.0. The van der Waals surface area contributed by atoms with Gasteiger partial charge < -0.3 is 16.2 Å². The summed E-state index contributed by atoms with van der Waals surface area (Å²) in [4.78, 5) is 21.9. The second-order valence-electron chi connectivity index (χ2n) is 4.05. The van der Waals surface area contributed by atoms with E-state index in [0.717, 1.165) is 12.8 Å². The van der Waals surface area contributed by atoms with Gasteiger partial charge in [-0.3, -0.25) is 9.59 Å². The maximum atomic E-state index is 11.4. The van der Waals surface area contributed by atoms with Crippen molar-refractivity contribution in [3.05, 3.63) is 0 Å². The van der Waals surface area contributed by atoms with Crippen LogP contribution in [0.4, 0.5) is 0 Å². The van der Waals surface area contributed by atoms with Crippen molar-refractivity contribution in [2.24, 2.45) is 11.7 Å². The van der Waals surface area contributed by atoms with Crippen molar-refractivity contribution in [2.75, 3.05) is 6.54 Å². The lowest BCUT2D eigenvalue weighted by molar-refractivity contribution is -0.138. The molecule has 0 fully saturated rings. The van der Waals surface area contributed by atoms with Crippen LogP contribution in [0.15, 0.2) is 0 Å². The first-order chi connectivity index (χ1) is 7.49. The van der Waals surface area contributed by atoms with Crippen molar-refractivity contribution in [2.45, 2.75) is 45.6 Å². The van der Waals surface area contributed by atoms with Gasteiger partial charge in [0, 0.05) is 25.4 Å². The van der Waals surface area contributed by atoms with Gasteiger partial charge in [-0.1, -0.05) is 20.3 Å². The Hall–Kier alpha value is -1.10. The average Bonchev–Trinajstić information content (AvgIpc) is 2.23. The largest absolute Gasteiger partial charge is 0.481 e. The van der Waals surface area contributed by atoms with Gasteiger partial charge in [-0.05, 0) is 12.3 Å². The molecule has 4 N–H and O–H groups in total. The summed E-state index contributed by atoms with van der Waals surface area (Å²) in [6.07, 6.45) is 1.91. The predicted octanol–water partition coefficient (Wildman–Crippen LogP) is 0.731. The third-order valence-corrected chi connectivity index (χ3v) is 2.60. The van der Waals surface area contributed by atoms with Gasteiger partial charge in [0.25, 0.3) is 0 Å². The maximum absolute atomic E-state index is 11.4. The van der Waals surface area contributed by atoms with E-state index in [0.29, 0.717) is 13.0 Å². The minimum absolute atomic E-state index is 0.000647. The van der Waals surface area contributed by atoms with E-state index >= 15 is 0 Å². The number of carboxylic acid groups (broad SMARTS) is 1. The maximum Gasteiger partial charge on any atom is 0.303 e. The predicted molar refractivity (Wildman–Crippen MR) is 61.9 cm³/mol. The van der Waals surface area contributed by atoms with Gasteiger partial charge in [-0.2, -0.15) is 0 Å². The fourth-order valence-electron chi connectivity index (χ4n) is 1.32. The Morgan fingerprint density at radius 1 is 1.25 bits per heavy atom. The number of amides is 1. The third-order valence-electron chi connectivity index (χ3n) is 2.60. The van der Waals surface area contributed by atoms with Crippen LogP contribution >= 0.6 is 0 Å². The molecule has 0 aromatic carbocycles. The zero-order valence-corrected chi connectivity index (χ0v) is 10.0. The molecular weight excluding hydrogens is 208 g/mol. The van der Waals surface area contributed by atoms with E-state index in [9.17, 15) is 9.59 Å². The van der Waals surface area contributed by atoms with Crippen molar-refractivity contribution in [1.82, 2.24) is 5.32 Å². The smallest absolute Gasteiger partial charge is 0.303 e. The molecule has 2 atom stereocenters. The molecule has 94 valence electrons. The van der Waals surface area contributed by atoms with Gasteiger partial charge >= 0.3 is 5.97 Å². The summed E-state index contributed by atoms with van der Waals surface area (Å²) in [5.74, 6) is -0.927. The normalized spacial score (nSPS) is 14.2. The first-order valence-electron chi connectivity index (χ1n) is 5.73. The van der Waals surface area contributed by atoms with Crippen LogP contribution < -0.4 is 11.1 Å². The summed E-state index contributed by atoms with van der Waals surface area (Å²) in [5.41, 5.74) is 5.64. The molecule has 5 heteroatoms. The number of nitrogens with one attached hydrogen (secondary N) is 1. The van der Waals surface area contributed by atoms with E-state index in [2.05, 4.69) is 5.32 Å². The molecule has 2 unspecified atom stereocenters. The summed E-state index contributed by atoms with van der Waals surface area (Å²) in [7, 11) is 0. The highest BCUT2D eigenvalue weighted by atomic mass is 16.4. The average molecular weight is 230 g/mol. The quantitative estimate of drug-likeness (QED) is 0.573. The van der Waals surface area contributed by atoms with Crippen LogP contribution in [0, 0.1) is 5.92 Å². The number of aliphatic carboxylic acids is 1. The van der Waals surface area contributed by atoms with Crippen LogP contribution in [0.1, 0.15) is 39.5 Å². The van der Waals surface area contributed by atoms with E-state index in [1.807, 2.05) is 13.8 Å². The zero-order chi connectivity index (χ0) is 12.6. The molecule has 0 aliphatic rings. The topological polar surface area (TPSA) is 92.4 Å². The molecule has 0 rings (SSSR count). The van der Waals surface area contributed by atoms with Gasteiger partial charge in [0.15, 0.2) is 0 Å². The van der Waals surface area contributed by atoms with Crippen molar-refractivity contribution >= 4 is 11.9 Å². The monoisotopic (exact) mass is 230 g/mol. The lowest BCUT2D eigenvalue weighted by Crippen LogP contribution is -2.34.